The summed E-state index contributed by atoms with van der Waals surface area (Å²) in [5.41, 5.74) is 6.28. The van der Waals surface area contributed by atoms with Crippen molar-refractivity contribution in [2.45, 2.75) is 26.3 Å². The van der Waals surface area contributed by atoms with Crippen molar-refractivity contribution >= 4 is 46.6 Å². The van der Waals surface area contributed by atoms with Crippen molar-refractivity contribution in [2.75, 3.05) is 18.5 Å². The van der Waals surface area contributed by atoms with Crippen molar-refractivity contribution in [3.05, 3.63) is 81.5 Å². The molecule has 1 atom stereocenters. The Bertz CT molecular complexity index is 1240. The Morgan fingerprint density at radius 1 is 1.16 bits per heavy atom. The summed E-state index contributed by atoms with van der Waals surface area (Å²) in [5.74, 6) is -1.16. The Hall–Kier alpha value is -4.52. The first-order valence-corrected chi connectivity index (χ1v) is 11.7. The Kier molecular flexibility index (Phi) is 9.11. The van der Waals surface area contributed by atoms with Crippen LogP contribution >= 0.6 is 12.2 Å². The number of amides is 3. The standard InChI is InChI=1S/C24H26N6O6S/c1-3-36-22(32)20-15(2)25-24(33)29(21(20)16-8-7-11-18(14-16)30(34)35)13-12-19(31)27-28-23(37)26-17-9-5-4-6-10-17/h4-11,14,21H,3,12-13H2,1-2H3,(H,25,33)(H,27,31)(H2,26,28,37). The van der Waals surface area contributed by atoms with Gasteiger partial charge in [-0.15, -0.1) is 0 Å². The molecule has 2 aromatic carbocycles. The molecule has 37 heavy (non-hydrogen) atoms. The SMILES string of the molecule is CCOC(=O)C1=C(C)NC(=O)N(CCC(=O)NNC(=S)Nc2ccccc2)C1c1cccc([N+](=O)[O-])c1. The van der Waals surface area contributed by atoms with E-state index in [1.54, 1.807) is 32.0 Å². The number of nitrogens with zero attached hydrogens (tertiary/aromatic N) is 2. The van der Waals surface area contributed by atoms with E-state index in [2.05, 4.69) is 21.5 Å². The number of thiocarbonyl (C=S) groups is 1. The summed E-state index contributed by atoms with van der Waals surface area (Å²) >= 11 is 5.16. The van der Waals surface area contributed by atoms with Gasteiger partial charge < -0.3 is 20.3 Å². The van der Waals surface area contributed by atoms with E-state index in [4.69, 9.17) is 17.0 Å². The number of rotatable bonds is 8. The Morgan fingerprint density at radius 2 is 1.89 bits per heavy atom. The number of para-hydroxylation sites is 1. The molecule has 0 aliphatic carbocycles. The average Bonchev–Trinajstić information content (AvgIpc) is 2.87. The summed E-state index contributed by atoms with van der Waals surface area (Å²) in [6, 6.07) is 13.2. The molecule has 0 bridgehead atoms. The van der Waals surface area contributed by atoms with Crippen LogP contribution in [0.2, 0.25) is 0 Å². The molecule has 3 rings (SSSR count). The van der Waals surface area contributed by atoms with Crippen LogP contribution in [0.15, 0.2) is 65.9 Å². The van der Waals surface area contributed by atoms with Gasteiger partial charge in [0.2, 0.25) is 5.91 Å². The van der Waals surface area contributed by atoms with E-state index in [1.165, 1.54) is 23.1 Å². The predicted octanol–water partition coefficient (Wildman–Crippen LogP) is 2.91. The van der Waals surface area contributed by atoms with Crippen molar-refractivity contribution in [1.82, 2.24) is 21.1 Å². The van der Waals surface area contributed by atoms with Gasteiger partial charge in [0.05, 0.1) is 23.1 Å². The number of hydrogen-bond donors (Lipinski definition) is 4. The van der Waals surface area contributed by atoms with Gasteiger partial charge in [-0.2, -0.15) is 0 Å². The third-order valence-electron chi connectivity index (χ3n) is 5.36. The second-order valence-electron chi connectivity index (χ2n) is 7.88. The lowest BCUT2D eigenvalue weighted by atomic mass is 9.93. The maximum atomic E-state index is 12.9. The number of hydrazine groups is 1. The average molecular weight is 527 g/mol. The van der Waals surface area contributed by atoms with Gasteiger partial charge >= 0.3 is 12.0 Å². The monoisotopic (exact) mass is 526 g/mol. The fourth-order valence-corrected chi connectivity index (χ4v) is 3.90. The zero-order valence-electron chi connectivity index (χ0n) is 20.1. The minimum absolute atomic E-state index is 0.0935. The number of hydrogen-bond acceptors (Lipinski definition) is 7. The Labute approximate surface area is 218 Å². The van der Waals surface area contributed by atoms with Crippen LogP contribution < -0.4 is 21.5 Å². The molecule has 0 radical (unpaired) electrons. The van der Waals surface area contributed by atoms with Crippen LogP contribution in [0.5, 0.6) is 0 Å². The molecule has 2 aromatic rings. The van der Waals surface area contributed by atoms with Crippen molar-refractivity contribution in [3.63, 3.8) is 0 Å². The normalized spacial score (nSPS) is 14.9. The van der Waals surface area contributed by atoms with E-state index in [9.17, 15) is 24.5 Å². The molecular weight excluding hydrogens is 500 g/mol. The highest BCUT2D eigenvalue weighted by Gasteiger charge is 2.39. The van der Waals surface area contributed by atoms with Crippen LogP contribution in [0.3, 0.4) is 0 Å². The summed E-state index contributed by atoms with van der Waals surface area (Å²) in [5, 5.41) is 17.0. The van der Waals surface area contributed by atoms with Gasteiger partial charge in [0, 0.05) is 36.5 Å². The highest BCUT2D eigenvalue weighted by atomic mass is 32.1. The molecule has 3 amide bonds. The van der Waals surface area contributed by atoms with E-state index in [1.807, 2.05) is 18.2 Å². The van der Waals surface area contributed by atoms with Crippen LogP contribution in [0, 0.1) is 10.1 Å². The maximum Gasteiger partial charge on any atom is 0.338 e. The predicted molar refractivity (Wildman–Crippen MR) is 139 cm³/mol. The number of non-ortho nitro benzene ring substituents is 1. The van der Waals surface area contributed by atoms with Crippen LogP contribution in [-0.2, 0) is 14.3 Å². The molecule has 0 spiro atoms. The quantitative estimate of drug-likeness (QED) is 0.176. The molecule has 12 nitrogen and oxygen atoms in total. The molecule has 0 fully saturated rings. The second-order valence-corrected chi connectivity index (χ2v) is 8.29. The summed E-state index contributed by atoms with van der Waals surface area (Å²) in [6.07, 6.45) is -0.158. The number of nitrogens with one attached hydrogen (secondary N) is 4. The molecule has 1 heterocycles. The molecule has 0 aromatic heterocycles. The molecule has 194 valence electrons. The van der Waals surface area contributed by atoms with Gasteiger partial charge in [-0.3, -0.25) is 25.8 Å². The van der Waals surface area contributed by atoms with E-state index in [-0.39, 0.29) is 41.6 Å². The maximum absolute atomic E-state index is 12.9. The van der Waals surface area contributed by atoms with Crippen LogP contribution in [0.4, 0.5) is 16.2 Å². The highest BCUT2D eigenvalue weighted by molar-refractivity contribution is 7.80. The number of benzene rings is 2. The van der Waals surface area contributed by atoms with E-state index >= 15 is 0 Å². The molecule has 0 saturated carbocycles. The lowest BCUT2D eigenvalue weighted by Gasteiger charge is -2.37. The summed E-state index contributed by atoms with van der Waals surface area (Å²) in [7, 11) is 0. The number of urea groups is 1. The third-order valence-corrected chi connectivity index (χ3v) is 5.57. The minimum Gasteiger partial charge on any atom is -0.463 e. The van der Waals surface area contributed by atoms with Gasteiger partial charge in [-0.05, 0) is 43.8 Å². The van der Waals surface area contributed by atoms with Crippen molar-refractivity contribution in [3.8, 4) is 0 Å². The zero-order chi connectivity index (χ0) is 26.9. The number of ether oxygens (including phenoxy) is 1. The first-order valence-electron chi connectivity index (χ1n) is 11.3. The molecule has 1 unspecified atom stereocenters. The first kappa shape index (κ1) is 27.1. The number of carbonyl (C=O) groups is 3. The molecule has 0 saturated heterocycles. The Balaban J connectivity index is 1.76. The second kappa shape index (κ2) is 12.4. The molecular formula is C24H26N6O6S. The number of nitro benzene ring substituents is 1. The Morgan fingerprint density at radius 3 is 2.57 bits per heavy atom. The van der Waals surface area contributed by atoms with Crippen molar-refractivity contribution in [2.24, 2.45) is 0 Å². The number of carbonyl (C=O) groups excluding carboxylic acids is 3. The smallest absolute Gasteiger partial charge is 0.338 e. The van der Waals surface area contributed by atoms with E-state index in [0.29, 0.717) is 5.56 Å². The topological polar surface area (TPSA) is 155 Å². The van der Waals surface area contributed by atoms with Crippen molar-refractivity contribution in [1.29, 1.82) is 0 Å². The third kappa shape index (κ3) is 7.01. The summed E-state index contributed by atoms with van der Waals surface area (Å²) in [4.78, 5) is 50.3. The van der Waals surface area contributed by atoms with Gasteiger partial charge in [-0.25, -0.2) is 9.59 Å². The molecule has 13 heteroatoms. The largest absolute Gasteiger partial charge is 0.463 e. The first-order chi connectivity index (χ1) is 17.7. The summed E-state index contributed by atoms with van der Waals surface area (Å²) < 4.78 is 5.18. The van der Waals surface area contributed by atoms with Gasteiger partial charge in [0.1, 0.15) is 0 Å². The highest BCUT2D eigenvalue weighted by Crippen LogP contribution is 2.35. The van der Waals surface area contributed by atoms with Gasteiger partial charge in [0.25, 0.3) is 5.69 Å². The number of allylic oxidation sites excluding steroid dienone is 1. The molecule has 4 N–H and O–H groups in total. The fourth-order valence-electron chi connectivity index (χ4n) is 3.73. The van der Waals surface area contributed by atoms with Crippen LogP contribution in [0.1, 0.15) is 31.9 Å². The lowest BCUT2D eigenvalue weighted by molar-refractivity contribution is -0.384. The fraction of sp³-hybridized carbons (Fsp3) is 0.250. The number of esters is 1. The number of anilines is 1. The van der Waals surface area contributed by atoms with Crippen LogP contribution in [-0.4, -0.2) is 46.0 Å². The van der Waals surface area contributed by atoms with E-state index < -0.39 is 28.9 Å². The summed E-state index contributed by atoms with van der Waals surface area (Å²) in [6.45, 7) is 3.17. The lowest BCUT2D eigenvalue weighted by Crippen LogP contribution is -2.50. The van der Waals surface area contributed by atoms with Crippen molar-refractivity contribution < 1.29 is 24.0 Å². The molecule has 1 aliphatic rings. The number of nitro groups is 1. The zero-order valence-corrected chi connectivity index (χ0v) is 21.0. The van der Waals surface area contributed by atoms with Gasteiger partial charge in [0.15, 0.2) is 5.11 Å². The van der Waals surface area contributed by atoms with Crippen LogP contribution in [0.25, 0.3) is 0 Å². The minimum atomic E-state index is -1.01. The van der Waals surface area contributed by atoms with E-state index in [0.717, 1.165) is 5.69 Å². The van der Waals surface area contributed by atoms with Gasteiger partial charge in [-0.1, -0.05) is 30.3 Å². The molecule has 1 aliphatic heterocycles.